The van der Waals surface area contributed by atoms with Crippen molar-refractivity contribution >= 4 is 49.5 Å². The topological polar surface area (TPSA) is 89.9 Å². The number of benzene rings is 1. The Morgan fingerprint density at radius 3 is 2.70 bits per heavy atom. The largest absolute Gasteiger partial charge is 0.480 e. The Balaban J connectivity index is 2.15. The summed E-state index contributed by atoms with van der Waals surface area (Å²) < 4.78 is 1.47. The lowest BCUT2D eigenvalue weighted by Crippen LogP contribution is -2.43. The number of carbonyl (C=O) groups is 2. The predicted molar refractivity (Wildman–Crippen MR) is 79.6 cm³/mol. The Morgan fingerprint density at radius 2 is 2.05 bits per heavy atom. The van der Waals surface area contributed by atoms with E-state index in [1.54, 1.807) is 18.2 Å². The van der Waals surface area contributed by atoms with E-state index in [1.165, 1.54) is 0 Å². The van der Waals surface area contributed by atoms with Crippen LogP contribution in [0.3, 0.4) is 0 Å². The van der Waals surface area contributed by atoms with E-state index in [-0.39, 0.29) is 13.0 Å². The number of nitrogens with zero attached hydrogens (tertiary/aromatic N) is 1. The number of rotatable bonds is 2. The van der Waals surface area contributed by atoms with Crippen LogP contribution in [0.1, 0.15) is 6.42 Å². The van der Waals surface area contributed by atoms with Crippen LogP contribution in [0.25, 0.3) is 0 Å². The molecule has 108 valence electrons. The lowest BCUT2D eigenvalue weighted by atomic mass is 10.2. The average Bonchev–Trinajstić information content (AvgIpc) is 2.76. The molecular formula is C12H12Br2N2O4. The number of carboxylic acid groups (broad SMARTS) is 1. The fourth-order valence-corrected chi connectivity index (χ4v) is 2.76. The van der Waals surface area contributed by atoms with Gasteiger partial charge in [0.1, 0.15) is 6.04 Å². The number of likely N-dealkylation sites (tertiary alicyclic amines) is 1. The summed E-state index contributed by atoms with van der Waals surface area (Å²) in [6.45, 7) is 0.00836. The molecule has 8 heteroatoms. The van der Waals surface area contributed by atoms with Crippen LogP contribution >= 0.6 is 31.9 Å². The van der Waals surface area contributed by atoms with Crippen LogP contribution in [0.5, 0.6) is 0 Å². The number of carbonyl (C=O) groups excluding carboxylic acids is 1. The zero-order valence-electron chi connectivity index (χ0n) is 10.2. The highest BCUT2D eigenvalue weighted by Gasteiger charge is 2.39. The number of β-amino-alcohol motifs (C(OH)–C–C–N with tert-alkyl or cyclic N) is 1. The second-order valence-corrected chi connectivity index (χ2v) is 6.22. The summed E-state index contributed by atoms with van der Waals surface area (Å²) in [6.07, 6.45) is -0.768. The highest BCUT2D eigenvalue weighted by molar-refractivity contribution is 9.11. The number of amides is 2. The van der Waals surface area contributed by atoms with Crippen LogP contribution in [0.4, 0.5) is 10.5 Å². The van der Waals surface area contributed by atoms with Crippen molar-refractivity contribution in [1.29, 1.82) is 0 Å². The molecule has 2 amide bonds. The predicted octanol–water partition coefficient (Wildman–Crippen LogP) is 2.26. The van der Waals surface area contributed by atoms with Gasteiger partial charge in [-0.15, -0.1) is 0 Å². The molecule has 0 saturated carbocycles. The Kier molecular flexibility index (Phi) is 4.66. The van der Waals surface area contributed by atoms with Crippen molar-refractivity contribution in [3.05, 3.63) is 27.1 Å². The first kappa shape index (κ1) is 15.3. The summed E-state index contributed by atoms with van der Waals surface area (Å²) in [6, 6.07) is 3.71. The standard InChI is InChI=1S/C12H12Br2N2O4/c13-6-1-2-8(14)9(3-6)15-12(20)16-5-7(17)4-10(16)11(18)19/h1-3,7,10,17H,4-5H2,(H,15,20)(H,18,19)/t7-,10+/m1/s1. The first-order valence-corrected chi connectivity index (χ1v) is 7.40. The molecule has 0 radical (unpaired) electrons. The minimum Gasteiger partial charge on any atom is -0.480 e. The van der Waals surface area contributed by atoms with Crippen LogP contribution in [-0.4, -0.2) is 45.8 Å². The van der Waals surface area contributed by atoms with Crippen molar-refractivity contribution < 1.29 is 19.8 Å². The number of carboxylic acids is 1. The zero-order valence-corrected chi connectivity index (χ0v) is 13.4. The molecule has 1 saturated heterocycles. The van der Waals surface area contributed by atoms with E-state index in [4.69, 9.17) is 5.11 Å². The number of anilines is 1. The number of aliphatic hydroxyl groups is 1. The Hall–Kier alpha value is -1.12. The van der Waals surface area contributed by atoms with Gasteiger partial charge < -0.3 is 20.4 Å². The van der Waals surface area contributed by atoms with E-state index in [0.29, 0.717) is 10.2 Å². The third kappa shape index (κ3) is 3.31. The van der Waals surface area contributed by atoms with E-state index < -0.39 is 24.1 Å². The fraction of sp³-hybridized carbons (Fsp3) is 0.333. The Morgan fingerprint density at radius 1 is 1.35 bits per heavy atom. The van der Waals surface area contributed by atoms with Gasteiger partial charge in [0.15, 0.2) is 0 Å². The van der Waals surface area contributed by atoms with E-state index in [9.17, 15) is 14.7 Å². The summed E-state index contributed by atoms with van der Waals surface area (Å²) in [7, 11) is 0. The number of hydrogen-bond donors (Lipinski definition) is 3. The summed E-state index contributed by atoms with van der Waals surface area (Å²) in [5.41, 5.74) is 0.523. The molecule has 2 atom stereocenters. The number of aliphatic carboxylic acids is 1. The van der Waals surface area contributed by atoms with Crippen molar-refractivity contribution in [2.45, 2.75) is 18.6 Å². The van der Waals surface area contributed by atoms with Crippen molar-refractivity contribution in [3.63, 3.8) is 0 Å². The summed E-state index contributed by atoms with van der Waals surface area (Å²) in [5.74, 6) is -1.12. The molecule has 6 nitrogen and oxygen atoms in total. The number of urea groups is 1. The second kappa shape index (κ2) is 6.11. The molecule has 0 aliphatic carbocycles. The number of aliphatic hydroxyl groups excluding tert-OH is 1. The normalized spacial score (nSPS) is 21.9. The van der Waals surface area contributed by atoms with Crippen LogP contribution < -0.4 is 5.32 Å². The van der Waals surface area contributed by atoms with Gasteiger partial charge in [-0.05, 0) is 34.1 Å². The smallest absolute Gasteiger partial charge is 0.326 e. The van der Waals surface area contributed by atoms with E-state index >= 15 is 0 Å². The van der Waals surface area contributed by atoms with Gasteiger partial charge in [-0.3, -0.25) is 0 Å². The number of halogens is 2. The lowest BCUT2D eigenvalue weighted by Gasteiger charge is -2.22. The van der Waals surface area contributed by atoms with Gasteiger partial charge >= 0.3 is 12.0 Å². The van der Waals surface area contributed by atoms with Gasteiger partial charge in [0.25, 0.3) is 0 Å². The maximum Gasteiger partial charge on any atom is 0.326 e. The Bertz CT molecular complexity index is 552. The zero-order chi connectivity index (χ0) is 14.9. The van der Waals surface area contributed by atoms with Crippen molar-refractivity contribution in [1.82, 2.24) is 4.90 Å². The van der Waals surface area contributed by atoms with Crippen molar-refractivity contribution in [2.75, 3.05) is 11.9 Å². The van der Waals surface area contributed by atoms with Crippen LogP contribution in [-0.2, 0) is 4.79 Å². The molecule has 0 spiro atoms. The van der Waals surface area contributed by atoms with Crippen LogP contribution in [0, 0.1) is 0 Å². The second-order valence-electron chi connectivity index (χ2n) is 4.45. The van der Waals surface area contributed by atoms with Gasteiger partial charge in [-0.2, -0.15) is 0 Å². The maximum atomic E-state index is 12.1. The lowest BCUT2D eigenvalue weighted by molar-refractivity contribution is -0.141. The van der Waals surface area contributed by atoms with E-state index in [2.05, 4.69) is 37.2 Å². The molecule has 1 aromatic rings. The minimum absolute atomic E-state index is 0.00836. The quantitative estimate of drug-likeness (QED) is 0.701. The molecule has 0 bridgehead atoms. The minimum atomic E-state index is -1.12. The molecule has 1 aliphatic heterocycles. The van der Waals surface area contributed by atoms with Crippen molar-refractivity contribution in [2.24, 2.45) is 0 Å². The van der Waals surface area contributed by atoms with Gasteiger partial charge in [0, 0.05) is 21.9 Å². The molecule has 1 aliphatic rings. The van der Waals surface area contributed by atoms with E-state index in [1.807, 2.05) is 0 Å². The van der Waals surface area contributed by atoms with Gasteiger partial charge in [0.05, 0.1) is 11.8 Å². The summed E-state index contributed by atoms with van der Waals surface area (Å²) in [4.78, 5) is 24.4. The first-order valence-electron chi connectivity index (χ1n) is 5.82. The number of hydrogen-bond acceptors (Lipinski definition) is 3. The van der Waals surface area contributed by atoms with Crippen LogP contribution in [0.2, 0.25) is 0 Å². The average molecular weight is 408 g/mol. The number of nitrogens with one attached hydrogen (secondary N) is 1. The molecule has 3 N–H and O–H groups in total. The van der Waals surface area contributed by atoms with Crippen LogP contribution in [0.15, 0.2) is 27.1 Å². The molecule has 1 fully saturated rings. The van der Waals surface area contributed by atoms with E-state index in [0.717, 1.165) is 9.37 Å². The maximum absolute atomic E-state index is 12.1. The summed E-state index contributed by atoms with van der Waals surface area (Å²) in [5, 5.41) is 21.2. The van der Waals surface area contributed by atoms with Gasteiger partial charge in [0.2, 0.25) is 0 Å². The highest BCUT2D eigenvalue weighted by atomic mass is 79.9. The SMILES string of the molecule is O=C(O)[C@@H]1C[C@@H](O)CN1C(=O)Nc1cc(Br)ccc1Br. The molecule has 20 heavy (non-hydrogen) atoms. The highest BCUT2D eigenvalue weighted by Crippen LogP contribution is 2.27. The molecule has 0 aromatic heterocycles. The molecule has 1 heterocycles. The summed E-state index contributed by atoms with van der Waals surface area (Å²) >= 11 is 6.60. The third-order valence-corrected chi connectivity index (χ3v) is 4.18. The third-order valence-electron chi connectivity index (χ3n) is 2.99. The molecule has 1 aromatic carbocycles. The molecule has 2 rings (SSSR count). The van der Waals surface area contributed by atoms with Gasteiger partial charge in [-0.1, -0.05) is 15.9 Å². The Labute approximate surface area is 132 Å². The van der Waals surface area contributed by atoms with Crippen molar-refractivity contribution in [3.8, 4) is 0 Å². The fourth-order valence-electron chi connectivity index (χ4n) is 2.05. The molecule has 0 unspecified atom stereocenters. The molecular weight excluding hydrogens is 396 g/mol. The van der Waals surface area contributed by atoms with Gasteiger partial charge in [-0.25, -0.2) is 9.59 Å². The first-order chi connectivity index (χ1) is 9.38. The monoisotopic (exact) mass is 406 g/mol.